The number of hydrogen-bond donors (Lipinski definition) is 2. The van der Waals surface area contributed by atoms with Gasteiger partial charge in [0.05, 0.1) is 0 Å². The van der Waals surface area contributed by atoms with Crippen LogP contribution in [-0.4, -0.2) is 6.04 Å². The maximum absolute atomic E-state index is 3.15. The van der Waals surface area contributed by atoms with Crippen LogP contribution in [-0.2, 0) is 0 Å². The van der Waals surface area contributed by atoms with Crippen LogP contribution in [0.4, 0.5) is 5.69 Å². The molecule has 0 spiro atoms. The Morgan fingerprint density at radius 3 is 2.21 bits per heavy atom. The van der Waals surface area contributed by atoms with Crippen molar-refractivity contribution in [3.8, 4) is 0 Å². The molecule has 14 heavy (non-hydrogen) atoms. The zero-order valence-corrected chi connectivity index (χ0v) is 9.31. The highest BCUT2D eigenvalue weighted by Gasteiger charge is 2.01. The molecule has 2 radical (unpaired) electrons. The Bertz CT molecular complexity index is 272. The van der Waals surface area contributed by atoms with Gasteiger partial charge in [-0.05, 0) is 38.8 Å². The first-order valence-electron chi connectivity index (χ1n) is 4.94. The van der Waals surface area contributed by atoms with Crippen LogP contribution in [0.25, 0.3) is 0 Å². The summed E-state index contributed by atoms with van der Waals surface area (Å²) in [5.74, 6) is 0. The summed E-state index contributed by atoms with van der Waals surface area (Å²) in [6, 6.07) is 6.65. The predicted molar refractivity (Wildman–Crippen MR) is 61.1 cm³/mol. The number of para-hydroxylation sites is 1. The summed E-state index contributed by atoms with van der Waals surface area (Å²) in [5.41, 5.74) is 3.62. The number of benzene rings is 1. The van der Waals surface area contributed by atoms with Gasteiger partial charge in [0.25, 0.3) is 0 Å². The Balaban J connectivity index is 2.58. The molecule has 0 amide bonds. The van der Waals surface area contributed by atoms with Crippen molar-refractivity contribution in [3.05, 3.63) is 36.0 Å². The van der Waals surface area contributed by atoms with Gasteiger partial charge < -0.3 is 5.32 Å². The number of rotatable bonds is 4. The summed E-state index contributed by atoms with van der Waals surface area (Å²) in [5, 5.41) is 6.24. The van der Waals surface area contributed by atoms with Crippen molar-refractivity contribution >= 4 is 5.69 Å². The van der Waals surface area contributed by atoms with Gasteiger partial charge in [0.2, 0.25) is 0 Å². The standard InChI is InChI=1S/C12H18N2/c1-9(2)13-8-14-12-10(3)6-5-7-11(12)4/h5-7,9,13-14H,1-4H3. The molecule has 2 heteroatoms. The Hall–Kier alpha value is -1.02. The first kappa shape index (κ1) is 11.1. The van der Waals surface area contributed by atoms with E-state index in [4.69, 9.17) is 0 Å². The van der Waals surface area contributed by atoms with Crippen LogP contribution in [0.15, 0.2) is 18.2 Å². The fourth-order valence-corrected chi connectivity index (χ4v) is 1.25. The smallest absolute Gasteiger partial charge is 0.171 e. The molecule has 76 valence electrons. The molecule has 0 aromatic heterocycles. The normalized spacial score (nSPS) is 10.6. The molecule has 0 saturated heterocycles. The van der Waals surface area contributed by atoms with E-state index in [-0.39, 0.29) is 0 Å². The Labute approximate surface area is 86.7 Å². The fraction of sp³-hybridized carbons (Fsp3) is 0.417. The molecule has 0 saturated carbocycles. The molecule has 0 aliphatic rings. The second kappa shape index (κ2) is 5.01. The van der Waals surface area contributed by atoms with Crippen molar-refractivity contribution in [2.75, 3.05) is 5.32 Å². The van der Waals surface area contributed by atoms with Crippen LogP contribution >= 0.6 is 0 Å². The minimum atomic E-state index is 0.409. The lowest BCUT2D eigenvalue weighted by atomic mass is 10.1. The summed E-state index contributed by atoms with van der Waals surface area (Å²) in [7, 11) is 0. The molecule has 0 aliphatic carbocycles. The second-order valence-electron chi connectivity index (χ2n) is 3.82. The van der Waals surface area contributed by atoms with E-state index in [0.29, 0.717) is 6.04 Å². The van der Waals surface area contributed by atoms with E-state index < -0.39 is 0 Å². The summed E-state index contributed by atoms with van der Waals surface area (Å²) < 4.78 is 0. The fourth-order valence-electron chi connectivity index (χ4n) is 1.25. The molecular formula is C12H18N2. The third-order valence-corrected chi connectivity index (χ3v) is 2.03. The van der Waals surface area contributed by atoms with Gasteiger partial charge >= 0.3 is 0 Å². The van der Waals surface area contributed by atoms with Gasteiger partial charge in [0.1, 0.15) is 0 Å². The van der Waals surface area contributed by atoms with Gasteiger partial charge in [-0.3, -0.25) is 5.32 Å². The predicted octanol–water partition coefficient (Wildman–Crippen LogP) is 2.71. The quantitative estimate of drug-likeness (QED) is 0.713. The number of anilines is 1. The third-order valence-electron chi connectivity index (χ3n) is 2.03. The van der Waals surface area contributed by atoms with Gasteiger partial charge in [-0.25, -0.2) is 0 Å². The van der Waals surface area contributed by atoms with Crippen molar-refractivity contribution in [2.24, 2.45) is 0 Å². The zero-order valence-electron chi connectivity index (χ0n) is 9.31. The van der Waals surface area contributed by atoms with E-state index in [2.05, 4.69) is 63.2 Å². The monoisotopic (exact) mass is 190 g/mol. The minimum Gasteiger partial charge on any atom is -0.360 e. The largest absolute Gasteiger partial charge is 0.360 e. The molecule has 0 aliphatic heterocycles. The van der Waals surface area contributed by atoms with E-state index in [9.17, 15) is 0 Å². The molecular weight excluding hydrogens is 172 g/mol. The molecule has 0 bridgehead atoms. The molecule has 1 rings (SSSR count). The van der Waals surface area contributed by atoms with Gasteiger partial charge in [0.15, 0.2) is 6.67 Å². The maximum atomic E-state index is 3.15. The van der Waals surface area contributed by atoms with Gasteiger partial charge in [-0.1, -0.05) is 18.2 Å². The number of hydrogen-bond acceptors (Lipinski definition) is 2. The van der Waals surface area contributed by atoms with Crippen LogP contribution < -0.4 is 10.6 Å². The highest BCUT2D eigenvalue weighted by molar-refractivity contribution is 5.57. The maximum Gasteiger partial charge on any atom is 0.171 e. The van der Waals surface area contributed by atoms with Gasteiger partial charge in [-0.2, -0.15) is 0 Å². The Morgan fingerprint density at radius 1 is 1.14 bits per heavy atom. The lowest BCUT2D eigenvalue weighted by Gasteiger charge is -2.13. The van der Waals surface area contributed by atoms with E-state index >= 15 is 0 Å². The molecule has 2 N–H and O–H groups in total. The highest BCUT2D eigenvalue weighted by atomic mass is 15.1. The highest BCUT2D eigenvalue weighted by Crippen LogP contribution is 2.19. The topological polar surface area (TPSA) is 24.1 Å². The summed E-state index contributed by atoms with van der Waals surface area (Å²) >= 11 is 0. The summed E-state index contributed by atoms with van der Waals surface area (Å²) in [4.78, 5) is 0. The first-order chi connectivity index (χ1) is 6.61. The lowest BCUT2D eigenvalue weighted by Crippen LogP contribution is -2.23. The van der Waals surface area contributed by atoms with E-state index in [1.807, 2.05) is 0 Å². The van der Waals surface area contributed by atoms with Crippen molar-refractivity contribution < 1.29 is 0 Å². The van der Waals surface area contributed by atoms with Crippen molar-refractivity contribution in [1.82, 2.24) is 5.32 Å². The van der Waals surface area contributed by atoms with Crippen molar-refractivity contribution in [3.63, 3.8) is 0 Å². The summed E-state index contributed by atoms with van der Waals surface area (Å²) in [6.07, 6.45) is 0. The van der Waals surface area contributed by atoms with E-state index in [0.717, 1.165) is 5.69 Å². The average Bonchev–Trinajstić information content (AvgIpc) is 2.09. The van der Waals surface area contributed by atoms with Crippen molar-refractivity contribution in [1.29, 1.82) is 0 Å². The SMILES string of the molecule is Cc1cccc(C)c1N[C]NC(C)C. The van der Waals surface area contributed by atoms with Gasteiger partial charge in [-0.15, -0.1) is 0 Å². The van der Waals surface area contributed by atoms with Crippen LogP contribution in [0.2, 0.25) is 0 Å². The van der Waals surface area contributed by atoms with Crippen molar-refractivity contribution in [2.45, 2.75) is 33.7 Å². The lowest BCUT2D eigenvalue weighted by molar-refractivity contribution is 0.667. The first-order valence-corrected chi connectivity index (χ1v) is 4.94. The van der Waals surface area contributed by atoms with Crippen LogP contribution in [0, 0.1) is 20.5 Å². The second-order valence-corrected chi connectivity index (χ2v) is 3.82. The Morgan fingerprint density at radius 2 is 1.71 bits per heavy atom. The molecule has 0 heterocycles. The van der Waals surface area contributed by atoms with Crippen LogP contribution in [0.3, 0.4) is 0 Å². The molecule has 2 nitrogen and oxygen atoms in total. The number of nitrogens with one attached hydrogen (secondary N) is 2. The zero-order chi connectivity index (χ0) is 10.6. The molecule has 0 fully saturated rings. The Kier molecular flexibility index (Phi) is 3.96. The van der Waals surface area contributed by atoms with E-state index in [1.54, 1.807) is 0 Å². The van der Waals surface area contributed by atoms with E-state index in [1.165, 1.54) is 11.1 Å². The summed E-state index contributed by atoms with van der Waals surface area (Å²) in [6.45, 7) is 11.3. The molecule has 0 unspecified atom stereocenters. The molecule has 1 aromatic carbocycles. The average molecular weight is 190 g/mol. The van der Waals surface area contributed by atoms with Gasteiger partial charge in [0, 0.05) is 11.7 Å². The molecule has 0 atom stereocenters. The van der Waals surface area contributed by atoms with Crippen LogP contribution in [0.1, 0.15) is 25.0 Å². The number of aryl methyl sites for hydroxylation is 2. The molecule has 1 aromatic rings. The minimum absolute atomic E-state index is 0.409. The van der Waals surface area contributed by atoms with Crippen LogP contribution in [0.5, 0.6) is 0 Å². The third kappa shape index (κ3) is 3.04.